The molecule has 1 aliphatic heterocycles. The summed E-state index contributed by atoms with van der Waals surface area (Å²) >= 11 is 6.48. The molecule has 0 aliphatic carbocycles. The highest BCUT2D eigenvalue weighted by Crippen LogP contribution is 2.30. The van der Waals surface area contributed by atoms with Crippen molar-refractivity contribution in [2.45, 2.75) is 0 Å². The molecule has 1 aliphatic rings. The van der Waals surface area contributed by atoms with Crippen molar-refractivity contribution in [3.8, 4) is 0 Å². The molecule has 25 heavy (non-hydrogen) atoms. The van der Waals surface area contributed by atoms with Crippen molar-refractivity contribution in [2.75, 3.05) is 31.2 Å². The van der Waals surface area contributed by atoms with Crippen LogP contribution in [0.4, 0.5) is 11.4 Å². The van der Waals surface area contributed by atoms with Gasteiger partial charge in [0.1, 0.15) is 0 Å². The molecule has 0 aromatic heterocycles. The zero-order valence-electron chi connectivity index (χ0n) is 13.9. The fourth-order valence-electron chi connectivity index (χ4n) is 3.14. The lowest BCUT2D eigenvalue weighted by Crippen LogP contribution is -2.36. The first kappa shape index (κ1) is 16.1. The number of halogens is 1. The Morgan fingerprint density at radius 1 is 0.960 bits per heavy atom. The molecule has 0 atom stereocenters. The number of anilines is 1. The molecule has 4 rings (SSSR count). The normalized spacial score (nSPS) is 15.2. The highest BCUT2D eigenvalue weighted by atomic mass is 35.5. The van der Waals surface area contributed by atoms with Crippen molar-refractivity contribution in [1.82, 2.24) is 0 Å². The minimum atomic E-state index is 0.731. The van der Waals surface area contributed by atoms with Crippen LogP contribution in [-0.4, -0.2) is 32.5 Å². The van der Waals surface area contributed by atoms with Crippen molar-refractivity contribution in [3.63, 3.8) is 0 Å². The molecule has 0 radical (unpaired) electrons. The lowest BCUT2D eigenvalue weighted by Gasteiger charge is -2.29. The molecule has 4 heteroatoms. The van der Waals surface area contributed by atoms with Gasteiger partial charge in [-0.1, -0.05) is 54.1 Å². The summed E-state index contributed by atoms with van der Waals surface area (Å²) in [5.41, 5.74) is 3.01. The lowest BCUT2D eigenvalue weighted by atomic mass is 10.1. The quantitative estimate of drug-likeness (QED) is 0.615. The number of hydrogen-bond acceptors (Lipinski definition) is 3. The summed E-state index contributed by atoms with van der Waals surface area (Å²) < 4.78 is 5.40. The Hall–Kier alpha value is -2.36. The van der Waals surface area contributed by atoms with Gasteiger partial charge in [-0.2, -0.15) is 0 Å². The van der Waals surface area contributed by atoms with E-state index in [1.54, 1.807) is 0 Å². The zero-order valence-corrected chi connectivity index (χ0v) is 14.6. The van der Waals surface area contributed by atoms with Gasteiger partial charge in [0.05, 0.1) is 29.6 Å². The summed E-state index contributed by atoms with van der Waals surface area (Å²) in [6, 6.07) is 20.6. The van der Waals surface area contributed by atoms with Crippen LogP contribution in [0.5, 0.6) is 0 Å². The maximum Gasteiger partial charge on any atom is 0.0661 e. The SMILES string of the molecule is Clc1cc(N=Cc2cccc3ccccc23)ccc1N1CCOCC1. The summed E-state index contributed by atoms with van der Waals surface area (Å²) in [6.07, 6.45) is 1.91. The van der Waals surface area contributed by atoms with Crippen molar-refractivity contribution in [3.05, 3.63) is 71.2 Å². The highest BCUT2D eigenvalue weighted by Gasteiger charge is 2.14. The van der Waals surface area contributed by atoms with Gasteiger partial charge < -0.3 is 9.64 Å². The first-order valence-electron chi connectivity index (χ1n) is 8.45. The third-order valence-electron chi connectivity index (χ3n) is 4.46. The average Bonchev–Trinajstić information content (AvgIpc) is 2.67. The smallest absolute Gasteiger partial charge is 0.0661 e. The maximum absolute atomic E-state index is 6.48. The predicted octanol–water partition coefficient (Wildman–Crippen LogP) is 5.08. The van der Waals surface area contributed by atoms with E-state index in [-0.39, 0.29) is 0 Å². The fourth-order valence-corrected chi connectivity index (χ4v) is 3.44. The van der Waals surface area contributed by atoms with Crippen LogP contribution in [0.15, 0.2) is 65.7 Å². The van der Waals surface area contributed by atoms with Crippen molar-refractivity contribution < 1.29 is 4.74 Å². The molecule has 0 bridgehead atoms. The second kappa shape index (κ2) is 7.26. The van der Waals surface area contributed by atoms with E-state index in [2.05, 4.69) is 40.2 Å². The Morgan fingerprint density at radius 3 is 2.60 bits per heavy atom. The van der Waals surface area contributed by atoms with E-state index in [4.69, 9.17) is 16.3 Å². The molecule has 0 saturated carbocycles. The summed E-state index contributed by atoms with van der Waals surface area (Å²) in [4.78, 5) is 6.88. The lowest BCUT2D eigenvalue weighted by molar-refractivity contribution is 0.122. The topological polar surface area (TPSA) is 24.8 Å². The molecule has 3 nitrogen and oxygen atoms in total. The van der Waals surface area contributed by atoms with E-state index < -0.39 is 0 Å². The molecule has 0 spiro atoms. The second-order valence-electron chi connectivity index (χ2n) is 6.06. The number of aliphatic imine (C=N–C) groups is 1. The van der Waals surface area contributed by atoms with E-state index in [0.29, 0.717) is 0 Å². The molecule has 0 unspecified atom stereocenters. The maximum atomic E-state index is 6.48. The number of fused-ring (bicyclic) bond motifs is 1. The Balaban J connectivity index is 1.60. The summed E-state index contributed by atoms with van der Waals surface area (Å²) in [6.45, 7) is 3.24. The predicted molar refractivity (Wildman–Crippen MR) is 106 cm³/mol. The second-order valence-corrected chi connectivity index (χ2v) is 6.47. The monoisotopic (exact) mass is 350 g/mol. The van der Waals surface area contributed by atoms with Crippen molar-refractivity contribution >= 4 is 40.0 Å². The Morgan fingerprint density at radius 2 is 1.76 bits per heavy atom. The highest BCUT2D eigenvalue weighted by molar-refractivity contribution is 6.33. The summed E-state index contributed by atoms with van der Waals surface area (Å²) in [7, 11) is 0. The molecule has 1 heterocycles. The van der Waals surface area contributed by atoms with Crippen molar-refractivity contribution in [2.24, 2.45) is 4.99 Å². The zero-order chi connectivity index (χ0) is 17.1. The first-order chi connectivity index (χ1) is 12.3. The van der Waals surface area contributed by atoms with Gasteiger partial charge in [-0.15, -0.1) is 0 Å². The van der Waals surface area contributed by atoms with Gasteiger partial charge in [-0.25, -0.2) is 0 Å². The number of morpholine rings is 1. The van der Waals surface area contributed by atoms with E-state index >= 15 is 0 Å². The van der Waals surface area contributed by atoms with Crippen LogP contribution in [0, 0.1) is 0 Å². The number of nitrogens with zero attached hydrogens (tertiary/aromatic N) is 2. The van der Waals surface area contributed by atoms with Gasteiger partial charge in [0.2, 0.25) is 0 Å². The van der Waals surface area contributed by atoms with Gasteiger partial charge in [-0.05, 0) is 29.0 Å². The van der Waals surface area contributed by atoms with E-state index in [1.165, 1.54) is 10.8 Å². The Bertz CT molecular complexity index is 911. The number of rotatable bonds is 3. The molecule has 1 saturated heterocycles. The fraction of sp³-hybridized carbons (Fsp3) is 0.190. The third kappa shape index (κ3) is 3.53. The minimum Gasteiger partial charge on any atom is -0.378 e. The van der Waals surface area contributed by atoms with Gasteiger partial charge in [0.15, 0.2) is 0 Å². The largest absolute Gasteiger partial charge is 0.378 e. The van der Waals surface area contributed by atoms with Crippen LogP contribution in [-0.2, 0) is 4.74 Å². The molecule has 0 N–H and O–H groups in total. The van der Waals surface area contributed by atoms with Gasteiger partial charge in [0.25, 0.3) is 0 Å². The van der Waals surface area contributed by atoms with Crippen LogP contribution in [0.1, 0.15) is 5.56 Å². The minimum absolute atomic E-state index is 0.731. The Kier molecular flexibility index (Phi) is 4.68. The molecular weight excluding hydrogens is 332 g/mol. The average molecular weight is 351 g/mol. The van der Waals surface area contributed by atoms with E-state index in [9.17, 15) is 0 Å². The van der Waals surface area contributed by atoms with E-state index in [1.807, 2.05) is 36.5 Å². The van der Waals surface area contributed by atoms with Gasteiger partial charge in [0, 0.05) is 24.9 Å². The van der Waals surface area contributed by atoms with Crippen LogP contribution in [0.3, 0.4) is 0 Å². The Labute approximate surface area is 152 Å². The number of hydrogen-bond donors (Lipinski definition) is 0. The van der Waals surface area contributed by atoms with Crippen LogP contribution in [0.25, 0.3) is 10.8 Å². The van der Waals surface area contributed by atoms with E-state index in [0.717, 1.165) is 48.3 Å². The molecule has 1 fully saturated rings. The number of ether oxygens (including phenoxy) is 1. The van der Waals surface area contributed by atoms with Gasteiger partial charge >= 0.3 is 0 Å². The van der Waals surface area contributed by atoms with Crippen LogP contribution < -0.4 is 4.90 Å². The third-order valence-corrected chi connectivity index (χ3v) is 4.76. The summed E-state index contributed by atoms with van der Waals surface area (Å²) in [5.74, 6) is 0. The molecule has 126 valence electrons. The molecular formula is C21H19ClN2O. The number of benzene rings is 3. The van der Waals surface area contributed by atoms with Gasteiger partial charge in [-0.3, -0.25) is 4.99 Å². The van der Waals surface area contributed by atoms with Crippen LogP contribution in [0.2, 0.25) is 5.02 Å². The van der Waals surface area contributed by atoms with Crippen LogP contribution >= 0.6 is 11.6 Å². The first-order valence-corrected chi connectivity index (χ1v) is 8.83. The molecule has 0 amide bonds. The van der Waals surface area contributed by atoms with Crippen molar-refractivity contribution in [1.29, 1.82) is 0 Å². The molecule has 3 aromatic rings. The molecule has 3 aromatic carbocycles. The standard InChI is InChI=1S/C21H19ClN2O/c22-20-14-18(8-9-21(20)24-10-12-25-13-11-24)23-15-17-6-3-5-16-4-1-2-7-19(16)17/h1-9,14-15H,10-13H2. The summed E-state index contributed by atoms with van der Waals surface area (Å²) in [5, 5.41) is 3.14.